The Morgan fingerprint density at radius 1 is 1.39 bits per heavy atom. The van der Waals surface area contributed by atoms with Gasteiger partial charge in [0.2, 0.25) is 10.0 Å². The normalized spacial score (nSPS) is 15.4. The lowest BCUT2D eigenvalue weighted by molar-refractivity contribution is 0.0954. The Hall–Kier alpha value is -1.71. The van der Waals surface area contributed by atoms with Crippen molar-refractivity contribution in [1.82, 2.24) is 19.4 Å². The van der Waals surface area contributed by atoms with E-state index in [9.17, 15) is 13.2 Å². The van der Waals surface area contributed by atoms with Gasteiger partial charge in [-0.15, -0.1) is 11.3 Å². The van der Waals surface area contributed by atoms with Crippen LogP contribution in [-0.4, -0.2) is 41.2 Å². The molecule has 0 aromatic carbocycles. The molecule has 0 atom stereocenters. The van der Waals surface area contributed by atoms with Gasteiger partial charge in [-0.2, -0.15) is 9.40 Å². The van der Waals surface area contributed by atoms with E-state index in [1.54, 1.807) is 10.7 Å². The van der Waals surface area contributed by atoms with Crippen LogP contribution in [0.5, 0.6) is 0 Å². The zero-order valence-corrected chi connectivity index (χ0v) is 14.6. The number of hydrogen-bond acceptors (Lipinski definition) is 5. The molecular formula is C14H18N4O3S2. The molecule has 2 aromatic rings. The Morgan fingerprint density at radius 3 is 2.83 bits per heavy atom. The van der Waals surface area contributed by atoms with Crippen LogP contribution in [0.2, 0.25) is 0 Å². The van der Waals surface area contributed by atoms with Gasteiger partial charge in [-0.3, -0.25) is 9.48 Å². The second-order valence-corrected chi connectivity index (χ2v) is 8.81. The number of aromatic nitrogens is 2. The van der Waals surface area contributed by atoms with Crippen molar-refractivity contribution in [3.05, 3.63) is 39.3 Å². The summed E-state index contributed by atoms with van der Waals surface area (Å²) in [6.07, 6.45) is 1.21. The standard InChI is InChI=1S/C14H18N4O3S2/c1-10-3-4-13(22-10)14(19)15-8-11-7-12-9-17(23(2,20)21)5-6-18(12)16-11/h3-4,7H,5-6,8-9H2,1-2H3,(H,15,19). The fourth-order valence-corrected chi connectivity index (χ4v) is 4.05. The molecule has 0 bridgehead atoms. The summed E-state index contributed by atoms with van der Waals surface area (Å²) in [5.74, 6) is -0.119. The first-order valence-corrected chi connectivity index (χ1v) is 9.85. The van der Waals surface area contributed by atoms with Crippen molar-refractivity contribution < 1.29 is 13.2 Å². The van der Waals surface area contributed by atoms with E-state index in [4.69, 9.17) is 0 Å². The summed E-state index contributed by atoms with van der Waals surface area (Å²) >= 11 is 1.45. The summed E-state index contributed by atoms with van der Waals surface area (Å²) in [5.41, 5.74) is 1.58. The monoisotopic (exact) mass is 354 g/mol. The molecule has 9 heteroatoms. The molecule has 1 aliphatic heterocycles. The predicted octanol–water partition coefficient (Wildman–Crippen LogP) is 0.958. The zero-order valence-electron chi connectivity index (χ0n) is 12.9. The highest BCUT2D eigenvalue weighted by Crippen LogP contribution is 2.17. The van der Waals surface area contributed by atoms with Crippen molar-refractivity contribution >= 4 is 27.3 Å². The molecule has 124 valence electrons. The van der Waals surface area contributed by atoms with Crippen LogP contribution in [0.1, 0.15) is 25.9 Å². The molecule has 1 N–H and O–H groups in total. The van der Waals surface area contributed by atoms with E-state index in [0.717, 1.165) is 16.3 Å². The second kappa shape index (κ2) is 6.06. The van der Waals surface area contributed by atoms with Crippen LogP contribution >= 0.6 is 11.3 Å². The minimum absolute atomic E-state index is 0.119. The highest BCUT2D eigenvalue weighted by atomic mass is 32.2. The van der Waals surface area contributed by atoms with Gasteiger partial charge in [-0.05, 0) is 25.1 Å². The fraction of sp³-hybridized carbons (Fsp3) is 0.429. The van der Waals surface area contributed by atoms with E-state index in [2.05, 4.69) is 10.4 Å². The molecule has 0 aliphatic carbocycles. The van der Waals surface area contributed by atoms with Gasteiger partial charge < -0.3 is 5.32 Å². The fourth-order valence-electron chi connectivity index (χ4n) is 2.49. The minimum atomic E-state index is -3.19. The third-order valence-corrected chi connectivity index (χ3v) is 5.93. The molecule has 0 spiro atoms. The van der Waals surface area contributed by atoms with Crippen molar-refractivity contribution in [1.29, 1.82) is 0 Å². The van der Waals surface area contributed by atoms with E-state index in [0.29, 0.717) is 31.1 Å². The number of hydrogen-bond donors (Lipinski definition) is 1. The number of aryl methyl sites for hydroxylation is 1. The van der Waals surface area contributed by atoms with Gasteiger partial charge in [0.25, 0.3) is 5.91 Å². The molecular weight excluding hydrogens is 336 g/mol. The predicted molar refractivity (Wildman–Crippen MR) is 87.7 cm³/mol. The number of fused-ring (bicyclic) bond motifs is 1. The van der Waals surface area contributed by atoms with E-state index in [1.807, 2.05) is 19.1 Å². The molecule has 2 aromatic heterocycles. The topological polar surface area (TPSA) is 84.3 Å². The number of nitrogens with zero attached hydrogens (tertiary/aromatic N) is 3. The molecule has 0 fully saturated rings. The van der Waals surface area contributed by atoms with Gasteiger partial charge in [0.1, 0.15) is 0 Å². The number of rotatable bonds is 4. The maximum atomic E-state index is 12.0. The number of sulfonamides is 1. The summed E-state index contributed by atoms with van der Waals surface area (Å²) < 4.78 is 26.5. The Bertz CT molecular complexity index is 838. The molecule has 3 heterocycles. The summed E-state index contributed by atoms with van der Waals surface area (Å²) in [6.45, 7) is 3.56. The largest absolute Gasteiger partial charge is 0.346 e. The summed E-state index contributed by atoms with van der Waals surface area (Å²) in [6, 6.07) is 5.56. The highest BCUT2D eigenvalue weighted by Gasteiger charge is 2.24. The lowest BCUT2D eigenvalue weighted by atomic mass is 10.3. The third kappa shape index (κ3) is 3.62. The van der Waals surface area contributed by atoms with Gasteiger partial charge in [0.15, 0.2) is 0 Å². The Kier molecular flexibility index (Phi) is 4.26. The van der Waals surface area contributed by atoms with Crippen LogP contribution < -0.4 is 5.32 Å². The molecule has 1 aliphatic rings. The van der Waals surface area contributed by atoms with Crippen molar-refractivity contribution in [2.75, 3.05) is 12.8 Å². The van der Waals surface area contributed by atoms with Crippen LogP contribution in [0.4, 0.5) is 0 Å². The first kappa shape index (κ1) is 16.2. The molecule has 23 heavy (non-hydrogen) atoms. The van der Waals surface area contributed by atoms with Crippen molar-refractivity contribution in [2.24, 2.45) is 0 Å². The first-order valence-electron chi connectivity index (χ1n) is 7.18. The van der Waals surface area contributed by atoms with Gasteiger partial charge >= 0.3 is 0 Å². The van der Waals surface area contributed by atoms with E-state index < -0.39 is 10.0 Å². The van der Waals surface area contributed by atoms with Crippen molar-refractivity contribution in [2.45, 2.75) is 26.6 Å². The summed E-state index contributed by atoms with van der Waals surface area (Å²) in [4.78, 5) is 13.8. The number of amides is 1. The third-order valence-electron chi connectivity index (χ3n) is 3.68. The molecule has 0 saturated heterocycles. The maximum Gasteiger partial charge on any atom is 0.261 e. The number of carbonyl (C=O) groups excluding carboxylic acids is 1. The van der Waals surface area contributed by atoms with Crippen LogP contribution in [0, 0.1) is 6.92 Å². The number of nitrogens with one attached hydrogen (secondary N) is 1. The smallest absolute Gasteiger partial charge is 0.261 e. The quantitative estimate of drug-likeness (QED) is 0.886. The van der Waals surface area contributed by atoms with Crippen LogP contribution in [0.3, 0.4) is 0 Å². The van der Waals surface area contributed by atoms with Crippen LogP contribution in [-0.2, 0) is 29.7 Å². The van der Waals surface area contributed by atoms with Gasteiger partial charge in [-0.1, -0.05) is 0 Å². The maximum absolute atomic E-state index is 12.0. The number of thiophene rings is 1. The molecule has 0 unspecified atom stereocenters. The summed E-state index contributed by atoms with van der Waals surface area (Å²) in [7, 11) is -3.19. The van der Waals surface area contributed by atoms with Gasteiger partial charge in [0, 0.05) is 11.4 Å². The van der Waals surface area contributed by atoms with Gasteiger partial charge in [-0.25, -0.2) is 8.42 Å². The molecule has 0 saturated carbocycles. The molecule has 0 radical (unpaired) electrons. The summed E-state index contributed by atoms with van der Waals surface area (Å²) in [5, 5.41) is 7.26. The van der Waals surface area contributed by atoms with E-state index in [1.165, 1.54) is 21.9 Å². The SMILES string of the molecule is Cc1ccc(C(=O)NCc2cc3n(n2)CCN(S(C)(=O)=O)C3)s1. The Morgan fingerprint density at radius 2 is 2.17 bits per heavy atom. The zero-order chi connectivity index (χ0) is 16.6. The van der Waals surface area contributed by atoms with Crippen LogP contribution in [0.25, 0.3) is 0 Å². The molecule has 7 nitrogen and oxygen atoms in total. The number of carbonyl (C=O) groups is 1. The average molecular weight is 354 g/mol. The van der Waals surface area contributed by atoms with Crippen LogP contribution in [0.15, 0.2) is 18.2 Å². The lowest BCUT2D eigenvalue weighted by Gasteiger charge is -2.25. The Labute approximate surface area is 139 Å². The van der Waals surface area contributed by atoms with Crippen molar-refractivity contribution in [3.8, 4) is 0 Å². The highest BCUT2D eigenvalue weighted by molar-refractivity contribution is 7.88. The van der Waals surface area contributed by atoms with E-state index >= 15 is 0 Å². The second-order valence-electron chi connectivity index (χ2n) is 5.54. The molecule has 1 amide bonds. The van der Waals surface area contributed by atoms with Crippen molar-refractivity contribution in [3.63, 3.8) is 0 Å². The minimum Gasteiger partial charge on any atom is -0.346 e. The van der Waals surface area contributed by atoms with E-state index in [-0.39, 0.29) is 5.91 Å². The average Bonchev–Trinajstić information content (AvgIpc) is 3.08. The molecule has 3 rings (SSSR count). The van der Waals surface area contributed by atoms with Gasteiger partial charge in [0.05, 0.1) is 42.2 Å². The first-order chi connectivity index (χ1) is 10.8. The lowest BCUT2D eigenvalue weighted by Crippen LogP contribution is -2.37. The Balaban J connectivity index is 1.65.